The first-order valence-electron chi connectivity index (χ1n) is 7.75. The number of benzene rings is 1. The first-order chi connectivity index (χ1) is 12.4. The molecule has 2 heterocycles. The van der Waals surface area contributed by atoms with Crippen LogP contribution in [-0.2, 0) is 9.59 Å². The van der Waals surface area contributed by atoms with Crippen LogP contribution in [0.2, 0.25) is 0 Å². The van der Waals surface area contributed by atoms with Crippen molar-refractivity contribution < 1.29 is 19.1 Å². The molecule has 1 amide bonds. The van der Waals surface area contributed by atoms with Gasteiger partial charge in [0.25, 0.3) is 5.91 Å². The molecule has 1 aliphatic heterocycles. The minimum Gasteiger partial charge on any atom is -0.550 e. The van der Waals surface area contributed by atoms with E-state index in [0.29, 0.717) is 27.2 Å². The van der Waals surface area contributed by atoms with Crippen molar-refractivity contribution in [1.29, 1.82) is 0 Å². The fraction of sp³-hybridized carbons (Fsp3) is 0.167. The Kier molecular flexibility index (Phi) is 5.95. The molecule has 0 saturated carbocycles. The normalized spacial score (nSPS) is 15.9. The summed E-state index contributed by atoms with van der Waals surface area (Å²) in [5, 5.41) is 10.5. The van der Waals surface area contributed by atoms with E-state index in [9.17, 15) is 14.7 Å². The minimum absolute atomic E-state index is 0.106. The molecule has 2 aromatic rings. The Morgan fingerprint density at radius 1 is 1.27 bits per heavy atom. The fourth-order valence-electron chi connectivity index (χ4n) is 2.40. The van der Waals surface area contributed by atoms with Crippen LogP contribution in [0.4, 0.5) is 0 Å². The van der Waals surface area contributed by atoms with Gasteiger partial charge < -0.3 is 14.3 Å². The minimum atomic E-state index is -1.14. The Hall–Kier alpha value is -1.90. The second kappa shape index (κ2) is 8.20. The van der Waals surface area contributed by atoms with Gasteiger partial charge in [-0.05, 0) is 37.1 Å². The zero-order chi connectivity index (χ0) is 18.7. The van der Waals surface area contributed by atoms with Gasteiger partial charge in [0.1, 0.15) is 15.8 Å². The van der Waals surface area contributed by atoms with Crippen LogP contribution in [0.25, 0.3) is 17.4 Å². The number of aliphatic carboxylic acids is 1. The van der Waals surface area contributed by atoms with Gasteiger partial charge in [0.05, 0.1) is 4.91 Å². The van der Waals surface area contributed by atoms with Gasteiger partial charge >= 0.3 is 0 Å². The highest BCUT2D eigenvalue weighted by molar-refractivity contribution is 9.10. The summed E-state index contributed by atoms with van der Waals surface area (Å²) < 4.78 is 7.20. The lowest BCUT2D eigenvalue weighted by Gasteiger charge is -2.14. The second-order valence-electron chi connectivity index (χ2n) is 5.52. The molecule has 1 fully saturated rings. The highest BCUT2D eigenvalue weighted by atomic mass is 79.9. The third kappa shape index (κ3) is 4.44. The molecule has 1 saturated heterocycles. The van der Waals surface area contributed by atoms with Gasteiger partial charge in [-0.3, -0.25) is 9.69 Å². The number of thioether (sulfide) groups is 1. The van der Waals surface area contributed by atoms with Gasteiger partial charge in [-0.2, -0.15) is 0 Å². The van der Waals surface area contributed by atoms with Gasteiger partial charge in [0, 0.05) is 28.6 Å². The van der Waals surface area contributed by atoms with Crippen molar-refractivity contribution >= 4 is 62.2 Å². The predicted octanol–water partition coefficient (Wildman–Crippen LogP) is 3.44. The van der Waals surface area contributed by atoms with Crippen LogP contribution in [-0.4, -0.2) is 27.6 Å². The number of hydrogen-bond acceptors (Lipinski definition) is 6. The van der Waals surface area contributed by atoms with Crippen molar-refractivity contribution in [2.45, 2.75) is 12.8 Å². The van der Waals surface area contributed by atoms with Crippen LogP contribution in [0, 0.1) is 0 Å². The van der Waals surface area contributed by atoms with Crippen molar-refractivity contribution in [3.05, 3.63) is 51.5 Å². The first kappa shape index (κ1) is 18.9. The Bertz CT molecular complexity index is 889. The lowest BCUT2D eigenvalue weighted by Crippen LogP contribution is -2.30. The average molecular weight is 451 g/mol. The summed E-state index contributed by atoms with van der Waals surface area (Å²) >= 11 is 9.79. The largest absolute Gasteiger partial charge is 0.550 e. The number of carbonyl (C=O) groups is 2. The Morgan fingerprint density at radius 2 is 2.00 bits per heavy atom. The first-order valence-corrected chi connectivity index (χ1v) is 9.77. The Labute approximate surface area is 168 Å². The molecule has 1 aliphatic rings. The highest BCUT2D eigenvalue weighted by Crippen LogP contribution is 2.33. The number of furan rings is 1. The number of rotatable bonds is 6. The summed E-state index contributed by atoms with van der Waals surface area (Å²) in [5.74, 6) is -0.117. The van der Waals surface area contributed by atoms with E-state index in [1.807, 2.05) is 30.3 Å². The molecule has 5 nitrogen and oxygen atoms in total. The SMILES string of the molecule is O=C([O-])CCCN1C(=O)/C(=C\c2ccc(-c3ccc(Br)cc3)o2)SC1=S. The molecule has 26 heavy (non-hydrogen) atoms. The maximum absolute atomic E-state index is 12.4. The molecular formula is C18H13BrNO4S2-. The molecule has 0 bridgehead atoms. The summed E-state index contributed by atoms with van der Waals surface area (Å²) in [6, 6.07) is 11.4. The van der Waals surface area contributed by atoms with Crippen LogP contribution in [0.1, 0.15) is 18.6 Å². The molecule has 1 aromatic heterocycles. The molecule has 8 heteroatoms. The summed E-state index contributed by atoms with van der Waals surface area (Å²) in [6.07, 6.45) is 1.85. The molecule has 0 aliphatic carbocycles. The van der Waals surface area contributed by atoms with Crippen LogP contribution in [0.15, 0.2) is 50.2 Å². The van der Waals surface area contributed by atoms with E-state index in [1.165, 1.54) is 16.7 Å². The molecule has 134 valence electrons. The quantitative estimate of drug-likeness (QED) is 0.495. The third-order valence-electron chi connectivity index (χ3n) is 3.67. The summed E-state index contributed by atoms with van der Waals surface area (Å²) in [5.41, 5.74) is 0.933. The second-order valence-corrected chi connectivity index (χ2v) is 8.11. The van der Waals surface area contributed by atoms with Crippen molar-refractivity contribution in [3.8, 4) is 11.3 Å². The number of carboxylic acids is 1. The zero-order valence-corrected chi connectivity index (χ0v) is 16.7. The van der Waals surface area contributed by atoms with Crippen LogP contribution < -0.4 is 5.11 Å². The number of carbonyl (C=O) groups excluding carboxylic acids is 2. The van der Waals surface area contributed by atoms with Crippen molar-refractivity contribution in [2.24, 2.45) is 0 Å². The monoisotopic (exact) mass is 450 g/mol. The van der Waals surface area contributed by atoms with E-state index in [-0.39, 0.29) is 18.9 Å². The predicted molar refractivity (Wildman–Crippen MR) is 106 cm³/mol. The summed E-state index contributed by atoms with van der Waals surface area (Å²) in [4.78, 5) is 24.8. The van der Waals surface area contributed by atoms with E-state index in [2.05, 4.69) is 15.9 Å². The van der Waals surface area contributed by atoms with Gasteiger partial charge in [-0.15, -0.1) is 0 Å². The van der Waals surface area contributed by atoms with E-state index in [0.717, 1.165) is 10.0 Å². The number of thiocarbonyl (C=S) groups is 1. The lowest BCUT2D eigenvalue weighted by atomic mass is 10.2. The molecule has 3 rings (SSSR count). The number of carboxylic acid groups (broad SMARTS) is 1. The summed E-state index contributed by atoms with van der Waals surface area (Å²) in [7, 11) is 0. The van der Waals surface area contributed by atoms with Crippen LogP contribution in [0.5, 0.6) is 0 Å². The van der Waals surface area contributed by atoms with E-state index in [1.54, 1.807) is 12.1 Å². The maximum atomic E-state index is 12.4. The van der Waals surface area contributed by atoms with Crippen molar-refractivity contribution in [2.75, 3.05) is 6.54 Å². The lowest BCUT2D eigenvalue weighted by molar-refractivity contribution is -0.305. The average Bonchev–Trinajstić information content (AvgIpc) is 3.15. The van der Waals surface area contributed by atoms with Gasteiger partial charge in [0.2, 0.25) is 0 Å². The van der Waals surface area contributed by atoms with E-state index >= 15 is 0 Å². The van der Waals surface area contributed by atoms with Gasteiger partial charge in [-0.1, -0.05) is 52.0 Å². The van der Waals surface area contributed by atoms with Crippen molar-refractivity contribution in [1.82, 2.24) is 4.90 Å². The molecule has 0 radical (unpaired) electrons. The third-order valence-corrected chi connectivity index (χ3v) is 5.57. The van der Waals surface area contributed by atoms with E-state index in [4.69, 9.17) is 16.6 Å². The number of nitrogens with zero attached hydrogens (tertiary/aromatic N) is 1. The Balaban J connectivity index is 1.72. The standard InChI is InChI=1S/C18H14BrNO4S2/c19-12-5-3-11(4-6-12)14-8-7-13(24-14)10-15-17(23)20(18(25)26-15)9-1-2-16(21)22/h3-8,10H,1-2,9H2,(H,21,22)/p-1/b15-10+. The summed E-state index contributed by atoms with van der Waals surface area (Å²) in [6.45, 7) is 0.262. The van der Waals surface area contributed by atoms with Crippen LogP contribution in [0.3, 0.4) is 0 Å². The topological polar surface area (TPSA) is 73.6 Å². The molecule has 0 unspecified atom stereocenters. The van der Waals surface area contributed by atoms with Gasteiger partial charge in [0.15, 0.2) is 0 Å². The number of hydrogen-bond donors (Lipinski definition) is 0. The van der Waals surface area contributed by atoms with E-state index < -0.39 is 5.97 Å². The fourth-order valence-corrected chi connectivity index (χ4v) is 3.96. The molecule has 0 spiro atoms. The smallest absolute Gasteiger partial charge is 0.266 e. The van der Waals surface area contributed by atoms with Crippen molar-refractivity contribution in [3.63, 3.8) is 0 Å². The molecule has 0 N–H and O–H groups in total. The molecule has 1 aromatic carbocycles. The maximum Gasteiger partial charge on any atom is 0.266 e. The van der Waals surface area contributed by atoms with Crippen LogP contribution >= 0.6 is 39.9 Å². The number of halogens is 1. The number of amides is 1. The zero-order valence-electron chi connectivity index (χ0n) is 13.4. The highest BCUT2D eigenvalue weighted by Gasteiger charge is 2.31. The Morgan fingerprint density at radius 3 is 2.69 bits per heavy atom. The van der Waals surface area contributed by atoms with Gasteiger partial charge in [-0.25, -0.2) is 0 Å². The molecular weight excluding hydrogens is 438 g/mol. The molecule has 0 atom stereocenters.